The molecule has 2 heterocycles. The predicted octanol–water partition coefficient (Wildman–Crippen LogP) is -1.68. The maximum Gasteiger partial charge on any atom is 0.194 e. The third-order valence-electron chi connectivity index (χ3n) is 3.77. The maximum absolute atomic E-state index is 5.52. The quantitative estimate of drug-likeness (QED) is 0.735. The van der Waals surface area contributed by atoms with Crippen molar-refractivity contribution in [2.75, 3.05) is 26.3 Å². The van der Waals surface area contributed by atoms with E-state index in [2.05, 4.69) is 18.1 Å². The highest BCUT2D eigenvalue weighted by Crippen LogP contribution is 2.21. The molecule has 0 aliphatic carbocycles. The molecule has 20 heavy (non-hydrogen) atoms. The van der Waals surface area contributed by atoms with Gasteiger partial charge in [0.1, 0.15) is 24.8 Å². The molecule has 0 spiro atoms. The summed E-state index contributed by atoms with van der Waals surface area (Å²) in [6.07, 6.45) is 0. The summed E-state index contributed by atoms with van der Waals surface area (Å²) in [6.45, 7) is 5.92. The lowest BCUT2D eigenvalue weighted by molar-refractivity contribution is -0.938. The van der Waals surface area contributed by atoms with Gasteiger partial charge in [0.05, 0.1) is 13.2 Å². The molecule has 1 N–H and O–H groups in total. The molecule has 1 aliphatic rings. The fraction of sp³-hybridized carbons (Fsp3) is 0.400. The molecule has 4 nitrogen and oxygen atoms in total. The molecule has 0 saturated carbocycles. The zero-order valence-corrected chi connectivity index (χ0v) is 12.3. The Hall–Kier alpha value is -1.36. The summed E-state index contributed by atoms with van der Waals surface area (Å²) in [6, 6.07) is 12.5. The van der Waals surface area contributed by atoms with Crippen LogP contribution in [0.5, 0.6) is 0 Å². The van der Waals surface area contributed by atoms with Gasteiger partial charge in [0.15, 0.2) is 5.76 Å². The number of halogens is 1. The number of morpholine rings is 1. The zero-order chi connectivity index (χ0) is 13.1. The topological polar surface area (TPSA) is 39.7 Å². The molecule has 2 aromatic rings. The molecule has 1 aromatic heterocycles. The third kappa shape index (κ3) is 3.20. The van der Waals surface area contributed by atoms with Crippen molar-refractivity contribution in [2.24, 2.45) is 0 Å². The second-order valence-electron chi connectivity index (χ2n) is 4.97. The van der Waals surface area contributed by atoms with E-state index in [1.54, 1.807) is 0 Å². The van der Waals surface area contributed by atoms with Crippen LogP contribution in [-0.4, -0.2) is 31.5 Å². The molecule has 0 amide bonds. The van der Waals surface area contributed by atoms with E-state index in [4.69, 9.17) is 9.26 Å². The predicted molar refractivity (Wildman–Crippen MR) is 71.9 cm³/mol. The number of aromatic nitrogens is 1. The second-order valence-corrected chi connectivity index (χ2v) is 4.97. The van der Waals surface area contributed by atoms with Crippen LogP contribution in [0.15, 0.2) is 40.9 Å². The van der Waals surface area contributed by atoms with Crippen LogP contribution in [-0.2, 0) is 4.74 Å². The number of ether oxygens (including phenoxy) is 1. The average Bonchev–Trinajstić information content (AvgIpc) is 2.98. The number of quaternary nitrogens is 1. The summed E-state index contributed by atoms with van der Waals surface area (Å²) >= 11 is 0. The Morgan fingerprint density at radius 2 is 1.85 bits per heavy atom. The summed E-state index contributed by atoms with van der Waals surface area (Å²) in [5.41, 5.74) is 2.01. The maximum atomic E-state index is 5.52. The normalized spacial score (nSPS) is 17.4. The molecule has 3 rings (SSSR count). The van der Waals surface area contributed by atoms with Gasteiger partial charge in [-0.1, -0.05) is 35.5 Å². The standard InChI is InChI=1S/C15H18N2O2.ClH/c1-12(17-7-9-18-10-8-17)15-11-14(16-19-15)13-5-3-2-4-6-13;/h2-6,11-12H,7-10H2,1H3;1H. The minimum atomic E-state index is 0. The fourth-order valence-electron chi connectivity index (χ4n) is 2.51. The largest absolute Gasteiger partial charge is 1.00 e. The van der Waals surface area contributed by atoms with E-state index in [1.165, 1.54) is 4.90 Å². The summed E-state index contributed by atoms with van der Waals surface area (Å²) in [4.78, 5) is 1.50. The minimum Gasteiger partial charge on any atom is -1.00 e. The van der Waals surface area contributed by atoms with Crippen LogP contribution in [0.1, 0.15) is 18.7 Å². The van der Waals surface area contributed by atoms with Crippen LogP contribution in [0.25, 0.3) is 11.3 Å². The van der Waals surface area contributed by atoms with Crippen LogP contribution in [0, 0.1) is 0 Å². The van der Waals surface area contributed by atoms with Crippen molar-refractivity contribution in [2.45, 2.75) is 13.0 Å². The van der Waals surface area contributed by atoms with E-state index in [9.17, 15) is 0 Å². The molecule has 1 fully saturated rings. The van der Waals surface area contributed by atoms with Gasteiger partial charge in [0.25, 0.3) is 0 Å². The first-order valence-corrected chi connectivity index (χ1v) is 6.79. The molecule has 1 aromatic carbocycles. The Balaban J connectivity index is 0.00000147. The van der Waals surface area contributed by atoms with Gasteiger partial charge in [0.2, 0.25) is 0 Å². The minimum absolute atomic E-state index is 0. The Morgan fingerprint density at radius 3 is 2.55 bits per heavy atom. The average molecular weight is 295 g/mol. The van der Waals surface area contributed by atoms with Crippen molar-refractivity contribution in [1.82, 2.24) is 5.16 Å². The molecule has 108 valence electrons. The van der Waals surface area contributed by atoms with Crippen molar-refractivity contribution >= 4 is 0 Å². The van der Waals surface area contributed by atoms with Crippen molar-refractivity contribution in [1.29, 1.82) is 0 Å². The van der Waals surface area contributed by atoms with Crippen molar-refractivity contribution in [3.63, 3.8) is 0 Å². The second kappa shape index (κ2) is 6.88. The summed E-state index contributed by atoms with van der Waals surface area (Å²) < 4.78 is 10.9. The van der Waals surface area contributed by atoms with E-state index < -0.39 is 0 Å². The van der Waals surface area contributed by atoms with Crippen molar-refractivity contribution < 1.29 is 26.6 Å². The summed E-state index contributed by atoms with van der Waals surface area (Å²) in [5.74, 6) is 0.954. The van der Waals surface area contributed by atoms with Crippen LogP contribution >= 0.6 is 0 Å². The number of nitrogens with one attached hydrogen (secondary N) is 1. The first kappa shape index (κ1) is 15.0. The smallest absolute Gasteiger partial charge is 0.194 e. The zero-order valence-electron chi connectivity index (χ0n) is 11.5. The lowest BCUT2D eigenvalue weighted by Crippen LogP contribution is -3.14. The van der Waals surface area contributed by atoms with Crippen molar-refractivity contribution in [3.8, 4) is 11.3 Å². The van der Waals surface area contributed by atoms with Gasteiger partial charge in [-0.15, -0.1) is 0 Å². The van der Waals surface area contributed by atoms with Crippen LogP contribution in [0.2, 0.25) is 0 Å². The van der Waals surface area contributed by atoms with Crippen LogP contribution in [0.3, 0.4) is 0 Å². The highest BCUT2D eigenvalue weighted by molar-refractivity contribution is 5.58. The van der Waals surface area contributed by atoms with Gasteiger partial charge < -0.3 is 26.6 Å². The fourth-order valence-corrected chi connectivity index (χ4v) is 2.51. The van der Waals surface area contributed by atoms with E-state index in [0.717, 1.165) is 43.3 Å². The number of rotatable bonds is 3. The first-order chi connectivity index (χ1) is 9.34. The number of benzene rings is 1. The lowest BCUT2D eigenvalue weighted by atomic mass is 10.1. The molecule has 1 saturated heterocycles. The molecule has 0 bridgehead atoms. The van der Waals surface area contributed by atoms with Gasteiger partial charge in [-0.3, -0.25) is 0 Å². The third-order valence-corrected chi connectivity index (χ3v) is 3.77. The van der Waals surface area contributed by atoms with Crippen LogP contribution < -0.4 is 17.3 Å². The Morgan fingerprint density at radius 1 is 1.15 bits per heavy atom. The molecular formula is C15H19ClN2O2. The highest BCUT2D eigenvalue weighted by Gasteiger charge is 2.25. The molecule has 1 aliphatic heterocycles. The molecule has 1 unspecified atom stereocenters. The van der Waals surface area contributed by atoms with Gasteiger partial charge in [-0.2, -0.15) is 0 Å². The monoisotopic (exact) mass is 294 g/mol. The summed E-state index contributed by atoms with van der Waals surface area (Å²) in [7, 11) is 0. The van der Waals surface area contributed by atoms with Gasteiger partial charge in [-0.25, -0.2) is 0 Å². The van der Waals surface area contributed by atoms with Crippen molar-refractivity contribution in [3.05, 3.63) is 42.2 Å². The SMILES string of the molecule is CC(c1cc(-c2ccccc2)no1)[NH+]1CCOCC1.[Cl-]. The van der Waals surface area contributed by atoms with E-state index in [0.29, 0.717) is 6.04 Å². The number of hydrogen-bond acceptors (Lipinski definition) is 3. The van der Waals surface area contributed by atoms with E-state index in [1.807, 2.05) is 30.3 Å². The Kier molecular flexibility index (Phi) is 5.17. The van der Waals surface area contributed by atoms with Gasteiger partial charge in [0, 0.05) is 11.6 Å². The highest BCUT2D eigenvalue weighted by atomic mass is 35.5. The van der Waals surface area contributed by atoms with E-state index >= 15 is 0 Å². The Labute approximate surface area is 125 Å². The molecule has 1 atom stereocenters. The summed E-state index contributed by atoms with van der Waals surface area (Å²) in [5, 5.41) is 4.18. The Bertz CT molecular complexity index is 524. The van der Waals surface area contributed by atoms with Gasteiger partial charge >= 0.3 is 0 Å². The number of hydrogen-bond donors (Lipinski definition) is 1. The lowest BCUT2D eigenvalue weighted by Gasteiger charge is -2.27. The van der Waals surface area contributed by atoms with Gasteiger partial charge in [-0.05, 0) is 6.92 Å². The number of nitrogens with zero attached hydrogens (tertiary/aromatic N) is 1. The molecule has 5 heteroatoms. The molecular weight excluding hydrogens is 276 g/mol. The van der Waals surface area contributed by atoms with E-state index in [-0.39, 0.29) is 12.4 Å². The van der Waals surface area contributed by atoms with Crippen LogP contribution in [0.4, 0.5) is 0 Å². The first-order valence-electron chi connectivity index (χ1n) is 6.79. The molecule has 0 radical (unpaired) electrons.